The average Bonchev–Trinajstić information content (AvgIpc) is 2.63. The van der Waals surface area contributed by atoms with Gasteiger partial charge in [0.25, 0.3) is 0 Å². The predicted molar refractivity (Wildman–Crippen MR) is 85.8 cm³/mol. The van der Waals surface area contributed by atoms with E-state index in [-0.39, 0.29) is 5.41 Å². The van der Waals surface area contributed by atoms with Crippen LogP contribution in [0.2, 0.25) is 0 Å². The molecule has 0 aromatic heterocycles. The number of hydrogen-bond donors (Lipinski definition) is 2. The molecule has 0 radical (unpaired) electrons. The Labute approximate surface area is 126 Å². The maximum Gasteiger partial charge on any atom is 0.187 e. The molecule has 4 bridgehead atoms. The Bertz CT molecular complexity index is 431. The Hall–Kier alpha value is -0.980. The molecule has 2 atom stereocenters. The van der Waals surface area contributed by atoms with E-state index < -0.39 is 0 Å². The summed E-state index contributed by atoms with van der Waals surface area (Å²) in [5.74, 6) is 0.541. The van der Waals surface area contributed by atoms with Gasteiger partial charge < -0.3 is 15.1 Å². The first kappa shape index (κ1) is 14.0. The number of rotatable bonds is 3. The Morgan fingerprint density at radius 1 is 1.45 bits per heavy atom. The van der Waals surface area contributed by atoms with Gasteiger partial charge in [0.05, 0.1) is 5.71 Å². The third kappa shape index (κ3) is 2.60. The second kappa shape index (κ2) is 5.42. The molecule has 0 aromatic rings. The van der Waals surface area contributed by atoms with E-state index in [0.717, 1.165) is 26.2 Å². The predicted octanol–water partition coefficient (Wildman–Crippen LogP) is 0.260. The van der Waals surface area contributed by atoms with Gasteiger partial charge in [-0.15, -0.1) is 6.58 Å². The van der Waals surface area contributed by atoms with E-state index in [4.69, 9.17) is 12.2 Å². The van der Waals surface area contributed by atoms with Crippen molar-refractivity contribution in [2.45, 2.75) is 6.92 Å². The van der Waals surface area contributed by atoms with E-state index in [1.165, 1.54) is 18.8 Å². The van der Waals surface area contributed by atoms with Gasteiger partial charge in [0.2, 0.25) is 0 Å². The summed E-state index contributed by atoms with van der Waals surface area (Å²) in [5.41, 5.74) is 4.48. The van der Waals surface area contributed by atoms with E-state index in [0.29, 0.717) is 17.6 Å². The monoisotopic (exact) mass is 293 g/mol. The Kier molecular flexibility index (Phi) is 3.79. The summed E-state index contributed by atoms with van der Waals surface area (Å²) < 4.78 is 0. The average molecular weight is 293 g/mol. The molecule has 4 aliphatic heterocycles. The maximum atomic E-state index is 5.22. The summed E-state index contributed by atoms with van der Waals surface area (Å²) in [6, 6.07) is 0. The van der Waals surface area contributed by atoms with E-state index in [2.05, 4.69) is 39.1 Å². The zero-order valence-corrected chi connectivity index (χ0v) is 12.9. The molecule has 110 valence electrons. The van der Waals surface area contributed by atoms with Crippen LogP contribution in [-0.4, -0.2) is 66.4 Å². The fourth-order valence-corrected chi connectivity index (χ4v) is 3.97. The molecule has 4 saturated heterocycles. The summed E-state index contributed by atoms with van der Waals surface area (Å²) in [6.07, 6.45) is 1.79. The van der Waals surface area contributed by atoms with Gasteiger partial charge in [-0.3, -0.25) is 5.43 Å². The third-order valence-electron chi connectivity index (χ3n) is 4.52. The molecule has 4 heterocycles. The molecule has 0 aromatic carbocycles. The van der Waals surface area contributed by atoms with E-state index in [1.54, 1.807) is 6.08 Å². The van der Waals surface area contributed by atoms with Crippen LogP contribution in [0, 0.1) is 11.3 Å². The number of nitrogens with zero attached hydrogens (tertiary/aromatic N) is 3. The highest BCUT2D eigenvalue weighted by atomic mass is 32.1. The molecule has 2 unspecified atom stereocenters. The molecule has 0 saturated carbocycles. The quantitative estimate of drug-likeness (QED) is 0.444. The summed E-state index contributed by atoms with van der Waals surface area (Å²) >= 11 is 5.22. The van der Waals surface area contributed by atoms with Crippen LogP contribution in [0.5, 0.6) is 0 Å². The summed E-state index contributed by atoms with van der Waals surface area (Å²) in [5, 5.41) is 8.30. The van der Waals surface area contributed by atoms with Gasteiger partial charge in [-0.25, -0.2) is 0 Å². The van der Waals surface area contributed by atoms with Crippen LogP contribution < -0.4 is 10.7 Å². The van der Waals surface area contributed by atoms with Crippen molar-refractivity contribution >= 4 is 23.0 Å². The van der Waals surface area contributed by atoms with Crippen molar-refractivity contribution in [2.24, 2.45) is 16.4 Å². The first-order valence-electron chi connectivity index (χ1n) is 7.28. The zero-order valence-electron chi connectivity index (χ0n) is 12.1. The molecule has 0 aliphatic carbocycles. The first-order chi connectivity index (χ1) is 9.60. The molecule has 5 nitrogen and oxygen atoms in total. The van der Waals surface area contributed by atoms with Crippen molar-refractivity contribution in [3.63, 3.8) is 0 Å². The van der Waals surface area contributed by atoms with Gasteiger partial charge >= 0.3 is 0 Å². The lowest BCUT2D eigenvalue weighted by Crippen LogP contribution is -2.60. The molecule has 0 spiro atoms. The fourth-order valence-electron chi connectivity index (χ4n) is 3.84. The largest absolute Gasteiger partial charge is 0.358 e. The second-order valence-electron chi connectivity index (χ2n) is 6.34. The molecule has 4 rings (SSSR count). The molecule has 6 heteroatoms. The SMILES string of the molecule is C=CCNC(=S)NN=C1C2CN3CCN(C2)CC1(C)C3. The Morgan fingerprint density at radius 2 is 2.10 bits per heavy atom. The molecule has 2 N–H and O–H groups in total. The molecule has 20 heavy (non-hydrogen) atoms. The number of hydrazone groups is 1. The first-order valence-corrected chi connectivity index (χ1v) is 7.69. The van der Waals surface area contributed by atoms with Gasteiger partial charge in [-0.05, 0) is 12.2 Å². The minimum atomic E-state index is 0.165. The Balaban J connectivity index is 1.73. The highest BCUT2D eigenvalue weighted by molar-refractivity contribution is 7.80. The lowest BCUT2D eigenvalue weighted by molar-refractivity contribution is 0.130. The minimum Gasteiger partial charge on any atom is -0.358 e. The van der Waals surface area contributed by atoms with Crippen molar-refractivity contribution in [3.8, 4) is 0 Å². The summed E-state index contributed by atoms with van der Waals surface area (Å²) in [7, 11) is 0. The molecule has 0 amide bonds. The number of nitrogens with one attached hydrogen (secondary N) is 2. The van der Waals surface area contributed by atoms with Gasteiger partial charge in [0, 0.05) is 57.1 Å². The molecule has 4 aliphatic rings. The van der Waals surface area contributed by atoms with Crippen LogP contribution in [0.15, 0.2) is 17.8 Å². The second-order valence-corrected chi connectivity index (χ2v) is 6.74. The lowest BCUT2D eigenvalue weighted by atomic mass is 9.72. The van der Waals surface area contributed by atoms with Crippen LogP contribution in [0.25, 0.3) is 0 Å². The summed E-state index contributed by atoms with van der Waals surface area (Å²) in [4.78, 5) is 5.18. The molecular weight excluding hydrogens is 270 g/mol. The number of piperidine rings is 2. The highest BCUT2D eigenvalue weighted by Crippen LogP contribution is 2.37. The van der Waals surface area contributed by atoms with E-state index >= 15 is 0 Å². The standard InChI is InChI=1S/C14H23N5S/c1-3-4-15-13(20)17-16-12-11-7-18-5-6-19(8-11)10-14(12,2)9-18/h3,11H,1,4-10H2,2H3,(H2,15,17,20). The fraction of sp³-hybridized carbons (Fsp3) is 0.714. The Morgan fingerprint density at radius 3 is 2.65 bits per heavy atom. The van der Waals surface area contributed by atoms with Crippen molar-refractivity contribution in [1.29, 1.82) is 0 Å². The van der Waals surface area contributed by atoms with Crippen LogP contribution in [0.1, 0.15) is 6.92 Å². The molecule has 4 fully saturated rings. The van der Waals surface area contributed by atoms with Crippen molar-refractivity contribution in [1.82, 2.24) is 20.5 Å². The van der Waals surface area contributed by atoms with Crippen molar-refractivity contribution in [3.05, 3.63) is 12.7 Å². The van der Waals surface area contributed by atoms with Crippen LogP contribution in [0.4, 0.5) is 0 Å². The smallest absolute Gasteiger partial charge is 0.187 e. The van der Waals surface area contributed by atoms with E-state index in [9.17, 15) is 0 Å². The topological polar surface area (TPSA) is 42.9 Å². The van der Waals surface area contributed by atoms with Gasteiger partial charge in [0.15, 0.2) is 5.11 Å². The van der Waals surface area contributed by atoms with Gasteiger partial charge in [-0.1, -0.05) is 13.0 Å². The van der Waals surface area contributed by atoms with Crippen LogP contribution >= 0.6 is 12.2 Å². The zero-order chi connectivity index (χ0) is 14.2. The third-order valence-corrected chi connectivity index (χ3v) is 4.76. The van der Waals surface area contributed by atoms with Crippen LogP contribution in [-0.2, 0) is 0 Å². The maximum absolute atomic E-state index is 5.22. The lowest BCUT2D eigenvalue weighted by Gasteiger charge is -2.48. The van der Waals surface area contributed by atoms with Gasteiger partial charge in [-0.2, -0.15) is 5.10 Å². The number of fused-ring (bicyclic) bond motifs is 1. The van der Waals surface area contributed by atoms with Gasteiger partial charge in [0.1, 0.15) is 0 Å². The normalized spacial score (nSPS) is 40.5. The highest BCUT2D eigenvalue weighted by Gasteiger charge is 2.49. The molecular formula is C14H23N5S. The van der Waals surface area contributed by atoms with E-state index in [1.807, 2.05) is 0 Å². The number of hydrogen-bond acceptors (Lipinski definition) is 4. The van der Waals surface area contributed by atoms with Crippen molar-refractivity contribution < 1.29 is 0 Å². The van der Waals surface area contributed by atoms with Crippen LogP contribution in [0.3, 0.4) is 0 Å². The summed E-state index contributed by atoms with van der Waals surface area (Å²) in [6.45, 7) is 13.6. The number of thiocarbonyl (C=S) groups is 1. The minimum absolute atomic E-state index is 0.165. The van der Waals surface area contributed by atoms with Crippen molar-refractivity contribution in [2.75, 3.05) is 45.8 Å².